The summed E-state index contributed by atoms with van der Waals surface area (Å²) >= 11 is 0. The van der Waals surface area contributed by atoms with E-state index in [4.69, 9.17) is 10.2 Å². The Morgan fingerprint density at radius 2 is 2.20 bits per heavy atom. The lowest BCUT2D eigenvalue weighted by Gasteiger charge is -2.12. The van der Waals surface area contributed by atoms with E-state index in [2.05, 4.69) is 4.98 Å². The van der Waals surface area contributed by atoms with Gasteiger partial charge in [-0.15, -0.1) is 0 Å². The molecular weight excluding hydrogens is 150 g/mol. The van der Waals surface area contributed by atoms with Crippen molar-refractivity contribution in [2.75, 3.05) is 6.61 Å². The maximum Gasteiger partial charge on any atom is 0.322 e. The van der Waals surface area contributed by atoms with Crippen LogP contribution in [0.15, 0.2) is 0 Å². The van der Waals surface area contributed by atoms with Gasteiger partial charge in [-0.05, 0) is 0 Å². The van der Waals surface area contributed by atoms with Gasteiger partial charge < -0.3 is 15.2 Å². The van der Waals surface area contributed by atoms with E-state index < -0.39 is 21.0 Å². The molecule has 3 N–H and O–H groups in total. The Kier molecular flexibility index (Phi) is 4.25. The first-order valence-electron chi connectivity index (χ1n) is 3.17. The maximum atomic E-state index is 10.3. The molecule has 1 atom stereocenters. The minimum absolute atomic E-state index is 0.333. The summed E-state index contributed by atoms with van der Waals surface area (Å²) in [6.45, 7) is 3.59. The number of hydrogen-bond acceptors (Lipinski definition) is 3. The van der Waals surface area contributed by atoms with Crippen LogP contribution >= 0.6 is 0 Å². The Morgan fingerprint density at radius 3 is 2.30 bits per heavy atom. The SMILES string of the molecule is C[SiH](C)N[C@@H](CO)C(=O)O. The third kappa shape index (κ3) is 3.60. The average Bonchev–Trinajstić information content (AvgIpc) is 1.81. The molecule has 0 amide bonds. The molecule has 0 unspecified atom stereocenters. The molecule has 0 spiro atoms. The van der Waals surface area contributed by atoms with Crippen LogP contribution in [0.5, 0.6) is 0 Å². The van der Waals surface area contributed by atoms with Crippen LogP contribution in [0.1, 0.15) is 0 Å². The number of nitrogens with one attached hydrogen (secondary N) is 1. The molecule has 0 aromatic rings. The summed E-state index contributed by atoms with van der Waals surface area (Å²) in [6, 6.07) is -0.772. The van der Waals surface area contributed by atoms with Crippen molar-refractivity contribution in [3.8, 4) is 0 Å². The molecule has 0 aromatic carbocycles. The molecule has 0 aliphatic rings. The second-order valence-electron chi connectivity index (χ2n) is 2.39. The fourth-order valence-corrected chi connectivity index (χ4v) is 1.66. The van der Waals surface area contributed by atoms with Gasteiger partial charge in [0.2, 0.25) is 0 Å². The molecule has 10 heavy (non-hydrogen) atoms. The van der Waals surface area contributed by atoms with E-state index in [0.717, 1.165) is 0 Å². The van der Waals surface area contributed by atoms with E-state index in [-0.39, 0.29) is 6.61 Å². The van der Waals surface area contributed by atoms with Gasteiger partial charge in [0, 0.05) is 0 Å². The van der Waals surface area contributed by atoms with Gasteiger partial charge in [0.1, 0.15) is 15.0 Å². The monoisotopic (exact) mass is 163 g/mol. The summed E-state index contributed by atoms with van der Waals surface area (Å²) in [4.78, 5) is 13.1. The van der Waals surface area contributed by atoms with Gasteiger partial charge in [-0.3, -0.25) is 4.79 Å². The zero-order valence-electron chi connectivity index (χ0n) is 6.16. The zero-order chi connectivity index (χ0) is 8.15. The molecule has 0 saturated heterocycles. The van der Waals surface area contributed by atoms with Crippen LogP contribution in [0.25, 0.3) is 0 Å². The Hall–Kier alpha value is -0.393. The predicted molar refractivity (Wildman–Crippen MR) is 40.5 cm³/mol. The van der Waals surface area contributed by atoms with Crippen molar-refractivity contribution in [2.24, 2.45) is 0 Å². The van der Waals surface area contributed by atoms with Crippen molar-refractivity contribution < 1.29 is 15.0 Å². The summed E-state index contributed by atoms with van der Waals surface area (Å²) < 4.78 is 0. The van der Waals surface area contributed by atoms with Gasteiger partial charge >= 0.3 is 5.97 Å². The number of aliphatic hydroxyl groups excluding tert-OH is 1. The van der Waals surface area contributed by atoms with Gasteiger partial charge in [0.05, 0.1) is 6.61 Å². The smallest absolute Gasteiger partial charge is 0.322 e. The van der Waals surface area contributed by atoms with Gasteiger partial charge in [-0.25, -0.2) is 0 Å². The van der Waals surface area contributed by atoms with Crippen LogP contribution in [0.3, 0.4) is 0 Å². The van der Waals surface area contributed by atoms with E-state index >= 15 is 0 Å². The largest absolute Gasteiger partial charge is 0.480 e. The molecule has 0 aliphatic heterocycles. The van der Waals surface area contributed by atoms with Gasteiger partial charge in [-0.1, -0.05) is 13.1 Å². The van der Waals surface area contributed by atoms with Gasteiger partial charge in [-0.2, -0.15) is 0 Å². The number of aliphatic carboxylic acids is 1. The molecular formula is C5H13NO3Si. The van der Waals surface area contributed by atoms with Crippen molar-refractivity contribution >= 4 is 14.9 Å². The third-order valence-corrected chi connectivity index (χ3v) is 2.08. The van der Waals surface area contributed by atoms with Crippen molar-refractivity contribution in [3.05, 3.63) is 0 Å². The first-order chi connectivity index (χ1) is 4.57. The highest BCUT2D eigenvalue weighted by atomic mass is 28.3. The third-order valence-electron chi connectivity index (χ3n) is 1.02. The fraction of sp³-hybridized carbons (Fsp3) is 0.800. The lowest BCUT2D eigenvalue weighted by atomic mass is 10.3. The molecule has 0 aromatic heterocycles. The Balaban J connectivity index is 3.72. The van der Waals surface area contributed by atoms with Crippen molar-refractivity contribution in [2.45, 2.75) is 19.1 Å². The Labute approximate surface area is 61.6 Å². The van der Waals surface area contributed by atoms with Gasteiger partial charge in [0.15, 0.2) is 0 Å². The topological polar surface area (TPSA) is 69.6 Å². The molecule has 0 fully saturated rings. The normalized spacial score (nSPS) is 13.6. The molecule has 0 heterocycles. The quantitative estimate of drug-likeness (QED) is 0.465. The van der Waals surface area contributed by atoms with E-state index in [9.17, 15) is 4.79 Å². The van der Waals surface area contributed by atoms with E-state index in [1.54, 1.807) is 0 Å². The molecule has 0 rings (SSSR count). The summed E-state index contributed by atoms with van der Waals surface area (Å²) in [7, 11) is -1.09. The van der Waals surface area contributed by atoms with Crippen LogP contribution in [0.4, 0.5) is 0 Å². The summed E-state index contributed by atoms with van der Waals surface area (Å²) in [5.41, 5.74) is 0. The number of carboxylic acids is 1. The standard InChI is InChI=1S/C5H13NO3Si/c1-10(2)6-4(3-7)5(8)9/h4,6-7,10H,3H2,1-2H3,(H,8,9)/t4-/m0/s1. The van der Waals surface area contributed by atoms with E-state index in [1.807, 2.05) is 13.1 Å². The number of aliphatic hydroxyl groups is 1. The number of rotatable bonds is 4. The zero-order valence-corrected chi connectivity index (χ0v) is 7.32. The van der Waals surface area contributed by atoms with Crippen LogP contribution < -0.4 is 4.98 Å². The number of carboxylic acid groups (broad SMARTS) is 1. The molecule has 4 nitrogen and oxygen atoms in total. The first-order valence-corrected chi connectivity index (χ1v) is 6.06. The Morgan fingerprint density at radius 1 is 1.70 bits per heavy atom. The lowest BCUT2D eigenvalue weighted by Crippen LogP contribution is -2.45. The first kappa shape index (κ1) is 9.61. The van der Waals surface area contributed by atoms with Crippen LogP contribution in [0.2, 0.25) is 13.1 Å². The van der Waals surface area contributed by atoms with Crippen LogP contribution in [-0.4, -0.2) is 37.8 Å². The fourth-order valence-electron chi connectivity index (χ4n) is 0.604. The van der Waals surface area contributed by atoms with Crippen LogP contribution in [-0.2, 0) is 4.79 Å². The second-order valence-corrected chi connectivity index (χ2v) is 5.04. The molecule has 0 saturated carbocycles. The van der Waals surface area contributed by atoms with E-state index in [1.165, 1.54) is 0 Å². The summed E-state index contributed by atoms with van der Waals surface area (Å²) in [6.07, 6.45) is 0. The van der Waals surface area contributed by atoms with Crippen molar-refractivity contribution in [1.29, 1.82) is 0 Å². The number of carbonyl (C=O) groups is 1. The summed E-state index contributed by atoms with van der Waals surface area (Å²) in [5.74, 6) is -0.983. The van der Waals surface area contributed by atoms with E-state index in [0.29, 0.717) is 0 Å². The Bertz CT molecular complexity index is 117. The predicted octanol–water partition coefficient (Wildman–Crippen LogP) is -0.995. The molecule has 5 heteroatoms. The van der Waals surface area contributed by atoms with Crippen LogP contribution in [0, 0.1) is 0 Å². The van der Waals surface area contributed by atoms with Crippen molar-refractivity contribution in [3.63, 3.8) is 0 Å². The maximum absolute atomic E-state index is 10.3. The highest BCUT2D eigenvalue weighted by Crippen LogP contribution is 1.83. The minimum atomic E-state index is -1.09. The highest BCUT2D eigenvalue weighted by molar-refractivity contribution is 6.53. The number of hydrogen-bond donors (Lipinski definition) is 3. The minimum Gasteiger partial charge on any atom is -0.480 e. The average molecular weight is 163 g/mol. The van der Waals surface area contributed by atoms with Crippen molar-refractivity contribution in [1.82, 2.24) is 4.98 Å². The molecule has 0 bridgehead atoms. The second kappa shape index (κ2) is 4.43. The molecule has 0 radical (unpaired) electrons. The molecule has 0 aliphatic carbocycles. The van der Waals surface area contributed by atoms with Gasteiger partial charge in [0.25, 0.3) is 0 Å². The summed E-state index contributed by atoms with van der Waals surface area (Å²) in [5, 5.41) is 16.9. The molecule has 60 valence electrons. The lowest BCUT2D eigenvalue weighted by molar-refractivity contribution is -0.139. The highest BCUT2D eigenvalue weighted by Gasteiger charge is 2.15.